The Balaban J connectivity index is 1.24. The Hall–Kier alpha value is -0.730. The van der Waals surface area contributed by atoms with Gasteiger partial charge in [0, 0.05) is 22.8 Å². The number of rotatable bonds is 0. The maximum Gasteiger partial charge on any atom is 0.321 e. The highest BCUT2D eigenvalue weighted by Gasteiger charge is 2.82. The van der Waals surface area contributed by atoms with Crippen molar-refractivity contribution in [3.8, 4) is 0 Å². The van der Waals surface area contributed by atoms with Gasteiger partial charge in [-0.2, -0.15) is 0 Å². The third-order valence-electron chi connectivity index (χ3n) is 17.1. The van der Waals surface area contributed by atoms with Crippen molar-refractivity contribution in [1.29, 1.82) is 0 Å². The number of fused-ring (bicyclic) bond motifs is 5. The molecule has 0 radical (unpaired) electrons. The molecule has 3 heteroatoms. The Bertz CT molecular complexity index is 974. The molecule has 0 unspecified atom stereocenters. The van der Waals surface area contributed by atoms with Crippen LogP contribution in [0.4, 0.5) is 4.79 Å². The summed E-state index contributed by atoms with van der Waals surface area (Å²) in [6, 6.07) is 0.621. The molecule has 0 aromatic rings. The number of amides is 2. The van der Waals surface area contributed by atoms with Crippen LogP contribution >= 0.6 is 0 Å². The van der Waals surface area contributed by atoms with E-state index in [9.17, 15) is 0 Å². The van der Waals surface area contributed by atoms with Gasteiger partial charge < -0.3 is 9.80 Å². The summed E-state index contributed by atoms with van der Waals surface area (Å²) >= 11 is 0. The van der Waals surface area contributed by atoms with Crippen molar-refractivity contribution >= 4 is 6.03 Å². The lowest BCUT2D eigenvalue weighted by atomic mass is 9.50. The molecule has 2 saturated heterocycles. The fourth-order valence-electron chi connectivity index (χ4n) is 16.4. The van der Waals surface area contributed by atoms with E-state index in [4.69, 9.17) is 0 Å². The molecule has 2 amide bonds. The van der Waals surface area contributed by atoms with Crippen LogP contribution in [0.5, 0.6) is 0 Å². The smallest absolute Gasteiger partial charge is 0.318 e. The molecule has 3 nitrogen and oxygen atoms in total. The van der Waals surface area contributed by atoms with Crippen LogP contribution in [-0.4, -0.2) is 39.0 Å². The van der Waals surface area contributed by atoms with Gasteiger partial charge in [0.2, 0.25) is 0 Å². The molecule has 2 heterocycles. The van der Waals surface area contributed by atoms with E-state index in [1.165, 1.54) is 180 Å². The standard InChI is InChI=1S/C37H58N2O/c40-30(38-29-31(15-1-2-16-31)32(17-3-4-18-32)35(38)23-9-10-24-35)39-36(25-11-12-26-36)33(19-5-6-20-33)34(21-7-8-22-34)37(39)27-13-14-28-37/h1-29H2. The first-order valence-corrected chi connectivity index (χ1v) is 18.7. The van der Waals surface area contributed by atoms with Crippen molar-refractivity contribution in [3.63, 3.8) is 0 Å². The van der Waals surface area contributed by atoms with Gasteiger partial charge in [-0.15, -0.1) is 0 Å². The highest BCUT2D eigenvalue weighted by molar-refractivity contribution is 5.80. The second-order valence-corrected chi connectivity index (χ2v) is 17.3. The molecule has 9 rings (SSSR count). The van der Waals surface area contributed by atoms with Crippen LogP contribution in [0, 0.1) is 21.7 Å². The summed E-state index contributed by atoms with van der Waals surface area (Å²) in [5.41, 5.74) is 2.23. The number of hydrogen-bond acceptors (Lipinski definition) is 1. The Kier molecular flexibility index (Phi) is 5.44. The lowest BCUT2D eigenvalue weighted by Gasteiger charge is -2.54. The molecule has 0 bridgehead atoms. The molecular formula is C37H58N2O. The molecule has 40 heavy (non-hydrogen) atoms. The summed E-state index contributed by atoms with van der Waals surface area (Å²) < 4.78 is 0. The second-order valence-electron chi connectivity index (χ2n) is 17.3. The zero-order chi connectivity index (χ0) is 26.7. The van der Waals surface area contributed by atoms with Crippen molar-refractivity contribution in [3.05, 3.63) is 0 Å². The first-order chi connectivity index (χ1) is 19.6. The minimum atomic E-state index is 0.170. The van der Waals surface area contributed by atoms with Crippen molar-refractivity contribution in [2.24, 2.45) is 21.7 Å². The topological polar surface area (TPSA) is 23.6 Å². The molecule has 0 N–H and O–H groups in total. The maximum absolute atomic E-state index is 16.1. The summed E-state index contributed by atoms with van der Waals surface area (Å²) in [4.78, 5) is 21.8. The average molecular weight is 547 g/mol. The number of hydrogen-bond donors (Lipinski definition) is 0. The normalized spacial score (nSPS) is 36.5. The van der Waals surface area contributed by atoms with Crippen LogP contribution in [0.1, 0.15) is 180 Å². The first kappa shape index (κ1) is 25.7. The highest BCUT2D eigenvalue weighted by atomic mass is 16.2. The van der Waals surface area contributed by atoms with Gasteiger partial charge in [-0.1, -0.05) is 89.9 Å². The molecule has 0 atom stereocenters. The first-order valence-electron chi connectivity index (χ1n) is 18.7. The molecule has 7 aliphatic carbocycles. The molecule has 2 aliphatic heterocycles. The third kappa shape index (κ3) is 2.56. The quantitative estimate of drug-likeness (QED) is 0.296. The predicted octanol–water partition coefficient (Wildman–Crippen LogP) is 9.92. The Morgan fingerprint density at radius 2 is 0.700 bits per heavy atom. The summed E-state index contributed by atoms with van der Waals surface area (Å²) in [5, 5.41) is 0. The van der Waals surface area contributed by atoms with Gasteiger partial charge >= 0.3 is 6.03 Å². The minimum Gasteiger partial charge on any atom is -0.318 e. The molecular weight excluding hydrogens is 488 g/mol. The number of urea groups is 1. The summed E-state index contributed by atoms with van der Waals surface area (Å²) in [5.74, 6) is 0. The maximum atomic E-state index is 16.1. The predicted molar refractivity (Wildman–Crippen MR) is 161 cm³/mol. The van der Waals surface area contributed by atoms with Gasteiger partial charge in [-0.3, -0.25) is 0 Å². The van der Waals surface area contributed by atoms with E-state index < -0.39 is 0 Å². The number of carbonyl (C=O) groups is 1. The van der Waals surface area contributed by atoms with E-state index >= 15 is 4.79 Å². The summed E-state index contributed by atoms with van der Waals surface area (Å²) in [6.45, 7) is 1.13. The SMILES string of the molecule is O=C(N1CC2(CCCC2)C2(CCCC2)C12CCCC2)N1C2(CCCC2)C2(CCCC2)C2(CCCC2)C12CCCC2. The highest BCUT2D eigenvalue weighted by Crippen LogP contribution is 2.81. The largest absolute Gasteiger partial charge is 0.321 e. The van der Waals surface area contributed by atoms with Crippen molar-refractivity contribution in [1.82, 2.24) is 9.80 Å². The lowest BCUT2D eigenvalue weighted by Crippen LogP contribution is -2.65. The van der Waals surface area contributed by atoms with Gasteiger partial charge in [0.25, 0.3) is 0 Å². The van der Waals surface area contributed by atoms with Crippen LogP contribution in [0.3, 0.4) is 0 Å². The fraction of sp³-hybridized carbons (Fsp3) is 0.973. The van der Waals surface area contributed by atoms with Crippen molar-refractivity contribution in [2.75, 3.05) is 6.54 Å². The fourth-order valence-corrected chi connectivity index (χ4v) is 16.4. The van der Waals surface area contributed by atoms with Gasteiger partial charge in [0.15, 0.2) is 0 Å². The van der Waals surface area contributed by atoms with E-state index in [0.717, 1.165) is 6.54 Å². The average Bonchev–Trinajstić information content (AvgIpc) is 3.83. The molecule has 0 aromatic carbocycles. The monoisotopic (exact) mass is 546 g/mol. The van der Waals surface area contributed by atoms with Gasteiger partial charge in [0.05, 0.1) is 16.6 Å². The molecule has 7 spiro atoms. The van der Waals surface area contributed by atoms with E-state index in [0.29, 0.717) is 27.7 Å². The van der Waals surface area contributed by atoms with Crippen LogP contribution in [0.15, 0.2) is 0 Å². The molecule has 9 aliphatic rings. The van der Waals surface area contributed by atoms with E-state index in [-0.39, 0.29) is 16.6 Å². The van der Waals surface area contributed by atoms with E-state index in [1.54, 1.807) is 0 Å². The Morgan fingerprint density at radius 1 is 0.375 bits per heavy atom. The van der Waals surface area contributed by atoms with Crippen LogP contribution in [0.25, 0.3) is 0 Å². The number of nitrogens with zero attached hydrogens (tertiary/aromatic N) is 2. The van der Waals surface area contributed by atoms with Crippen LogP contribution in [0.2, 0.25) is 0 Å². The Labute approximate surface area is 245 Å². The number of carbonyl (C=O) groups excluding carboxylic acids is 1. The van der Waals surface area contributed by atoms with Gasteiger partial charge in [-0.25, -0.2) is 4.79 Å². The Morgan fingerprint density at radius 3 is 1.12 bits per heavy atom. The van der Waals surface area contributed by atoms with E-state index in [1.807, 2.05) is 0 Å². The second kappa shape index (κ2) is 8.46. The summed E-state index contributed by atoms with van der Waals surface area (Å²) in [7, 11) is 0. The van der Waals surface area contributed by atoms with Gasteiger partial charge in [-0.05, 0) is 95.3 Å². The zero-order valence-corrected chi connectivity index (χ0v) is 25.8. The van der Waals surface area contributed by atoms with Gasteiger partial charge in [0.1, 0.15) is 0 Å². The van der Waals surface area contributed by atoms with Crippen LogP contribution < -0.4 is 0 Å². The molecule has 9 fully saturated rings. The minimum absolute atomic E-state index is 0.170. The van der Waals surface area contributed by atoms with E-state index in [2.05, 4.69) is 9.80 Å². The number of likely N-dealkylation sites (tertiary alicyclic amines) is 2. The molecule has 0 aromatic heterocycles. The molecule has 7 saturated carbocycles. The summed E-state index contributed by atoms with van der Waals surface area (Å²) in [6.07, 6.45) is 39.1. The molecule has 222 valence electrons. The van der Waals surface area contributed by atoms with Crippen molar-refractivity contribution < 1.29 is 4.79 Å². The third-order valence-corrected chi connectivity index (χ3v) is 17.1. The van der Waals surface area contributed by atoms with Crippen LogP contribution in [-0.2, 0) is 0 Å². The lowest BCUT2D eigenvalue weighted by molar-refractivity contribution is -0.0191. The zero-order valence-electron chi connectivity index (χ0n) is 25.8. The van der Waals surface area contributed by atoms with Crippen molar-refractivity contribution in [2.45, 2.75) is 196 Å².